The smallest absolute Gasteiger partial charge is 0.0640 e. The van der Waals surface area contributed by atoms with Gasteiger partial charge in [0.2, 0.25) is 0 Å². The first-order valence-electron chi connectivity index (χ1n) is 8.56. The summed E-state index contributed by atoms with van der Waals surface area (Å²) in [6.07, 6.45) is 7.67. The maximum atomic E-state index is 5.44. The molecule has 0 bridgehead atoms. The maximum Gasteiger partial charge on any atom is 0.0640 e. The van der Waals surface area contributed by atoms with E-state index >= 15 is 0 Å². The number of nitrogens with zero attached hydrogens (tertiary/aromatic N) is 2. The van der Waals surface area contributed by atoms with Crippen LogP contribution >= 0.6 is 0 Å². The Labute approximate surface area is 130 Å². The van der Waals surface area contributed by atoms with Gasteiger partial charge in [0.05, 0.1) is 5.69 Å². The van der Waals surface area contributed by atoms with Crippen LogP contribution in [0.2, 0.25) is 0 Å². The monoisotopic (exact) mass is 295 g/mol. The standard InChI is InChI=1S/C17H33N3O/c1-5-11-18-16(9-8-13-21-7-3)14-17-10-12-20(19-17)15(4)6-2/h10,12,15-16,18H,5-9,11,13-14H2,1-4H3. The van der Waals surface area contributed by atoms with E-state index in [1.165, 1.54) is 12.1 Å². The molecule has 0 amide bonds. The predicted molar refractivity (Wildman–Crippen MR) is 88.7 cm³/mol. The minimum atomic E-state index is 0.485. The van der Waals surface area contributed by atoms with Crippen molar-refractivity contribution in [2.75, 3.05) is 19.8 Å². The van der Waals surface area contributed by atoms with Gasteiger partial charge in [-0.05, 0) is 52.1 Å². The second-order valence-electron chi connectivity index (χ2n) is 5.74. The van der Waals surface area contributed by atoms with Crippen molar-refractivity contribution in [1.29, 1.82) is 0 Å². The second kappa shape index (κ2) is 10.8. The lowest BCUT2D eigenvalue weighted by Gasteiger charge is -2.17. The Bertz CT molecular complexity index is 365. The highest BCUT2D eigenvalue weighted by Gasteiger charge is 2.12. The van der Waals surface area contributed by atoms with Crippen LogP contribution in [0.4, 0.5) is 0 Å². The Hall–Kier alpha value is -0.870. The fourth-order valence-electron chi connectivity index (χ4n) is 2.37. The molecular formula is C17H33N3O. The van der Waals surface area contributed by atoms with Crippen LogP contribution in [0.25, 0.3) is 0 Å². The van der Waals surface area contributed by atoms with Gasteiger partial charge >= 0.3 is 0 Å². The first-order valence-corrected chi connectivity index (χ1v) is 8.56. The highest BCUT2D eigenvalue weighted by Crippen LogP contribution is 2.12. The van der Waals surface area contributed by atoms with Crippen LogP contribution in [0.1, 0.15) is 65.1 Å². The van der Waals surface area contributed by atoms with Crippen molar-refractivity contribution in [2.24, 2.45) is 0 Å². The molecule has 0 radical (unpaired) electrons. The summed E-state index contributed by atoms with van der Waals surface area (Å²) in [5.41, 5.74) is 1.19. The molecule has 1 aromatic rings. The van der Waals surface area contributed by atoms with E-state index in [1.807, 2.05) is 6.92 Å². The number of hydrogen-bond donors (Lipinski definition) is 1. The van der Waals surface area contributed by atoms with Gasteiger partial charge in [0.15, 0.2) is 0 Å². The second-order valence-corrected chi connectivity index (χ2v) is 5.74. The van der Waals surface area contributed by atoms with Crippen LogP contribution < -0.4 is 5.32 Å². The molecule has 0 aliphatic carbocycles. The van der Waals surface area contributed by atoms with Crippen LogP contribution in [-0.4, -0.2) is 35.6 Å². The molecule has 4 nitrogen and oxygen atoms in total. The summed E-state index contributed by atoms with van der Waals surface area (Å²) >= 11 is 0. The minimum Gasteiger partial charge on any atom is -0.382 e. The highest BCUT2D eigenvalue weighted by molar-refractivity contribution is 5.02. The van der Waals surface area contributed by atoms with Gasteiger partial charge in [-0.25, -0.2) is 0 Å². The van der Waals surface area contributed by atoms with Gasteiger partial charge in [-0.1, -0.05) is 13.8 Å². The number of rotatable bonds is 12. The molecule has 0 saturated carbocycles. The molecule has 0 fully saturated rings. The molecule has 122 valence electrons. The van der Waals surface area contributed by atoms with Crippen LogP contribution in [-0.2, 0) is 11.2 Å². The van der Waals surface area contributed by atoms with Crippen LogP contribution in [0.5, 0.6) is 0 Å². The molecule has 21 heavy (non-hydrogen) atoms. The molecule has 0 aromatic carbocycles. The van der Waals surface area contributed by atoms with Gasteiger partial charge < -0.3 is 10.1 Å². The fraction of sp³-hybridized carbons (Fsp3) is 0.824. The Kier molecular flexibility index (Phi) is 9.35. The normalized spacial score (nSPS) is 14.3. The number of nitrogens with one attached hydrogen (secondary N) is 1. The van der Waals surface area contributed by atoms with Gasteiger partial charge in [-0.3, -0.25) is 4.68 Å². The Morgan fingerprint density at radius 1 is 1.33 bits per heavy atom. The van der Waals surface area contributed by atoms with Crippen molar-refractivity contribution in [1.82, 2.24) is 15.1 Å². The van der Waals surface area contributed by atoms with E-state index in [-0.39, 0.29) is 0 Å². The predicted octanol–water partition coefficient (Wildman–Crippen LogP) is 3.58. The molecule has 0 spiro atoms. The number of aromatic nitrogens is 2. The van der Waals surface area contributed by atoms with Crippen molar-refractivity contribution in [3.05, 3.63) is 18.0 Å². The summed E-state index contributed by atoms with van der Waals surface area (Å²) in [7, 11) is 0. The third kappa shape index (κ3) is 7.09. The van der Waals surface area contributed by atoms with Gasteiger partial charge in [0, 0.05) is 37.9 Å². The van der Waals surface area contributed by atoms with E-state index < -0.39 is 0 Å². The molecule has 1 heterocycles. The Balaban J connectivity index is 2.48. The summed E-state index contributed by atoms with van der Waals surface area (Å²) in [5, 5.41) is 8.36. The third-order valence-electron chi connectivity index (χ3n) is 3.89. The molecule has 1 N–H and O–H groups in total. The summed E-state index contributed by atoms with van der Waals surface area (Å²) < 4.78 is 7.53. The zero-order valence-corrected chi connectivity index (χ0v) is 14.3. The Morgan fingerprint density at radius 3 is 2.81 bits per heavy atom. The first kappa shape index (κ1) is 18.2. The lowest BCUT2D eigenvalue weighted by Crippen LogP contribution is -2.32. The van der Waals surface area contributed by atoms with E-state index in [4.69, 9.17) is 9.84 Å². The molecule has 0 saturated heterocycles. The third-order valence-corrected chi connectivity index (χ3v) is 3.89. The molecule has 0 aliphatic rings. The van der Waals surface area contributed by atoms with Gasteiger partial charge in [0.25, 0.3) is 0 Å². The van der Waals surface area contributed by atoms with Crippen molar-refractivity contribution in [3.8, 4) is 0 Å². The fourth-order valence-corrected chi connectivity index (χ4v) is 2.37. The van der Waals surface area contributed by atoms with Gasteiger partial charge in [-0.15, -0.1) is 0 Å². The Morgan fingerprint density at radius 2 is 2.14 bits per heavy atom. The van der Waals surface area contributed by atoms with Crippen LogP contribution in [0.3, 0.4) is 0 Å². The number of ether oxygens (including phenoxy) is 1. The van der Waals surface area contributed by atoms with Crippen molar-refractivity contribution in [2.45, 2.75) is 71.9 Å². The van der Waals surface area contributed by atoms with Crippen molar-refractivity contribution >= 4 is 0 Å². The van der Waals surface area contributed by atoms with E-state index in [9.17, 15) is 0 Å². The summed E-state index contributed by atoms with van der Waals surface area (Å²) in [6, 6.07) is 3.15. The maximum absolute atomic E-state index is 5.44. The molecular weight excluding hydrogens is 262 g/mol. The average Bonchev–Trinajstić information content (AvgIpc) is 2.96. The first-order chi connectivity index (χ1) is 10.2. The van der Waals surface area contributed by atoms with Crippen LogP contribution in [0, 0.1) is 0 Å². The van der Waals surface area contributed by atoms with Crippen molar-refractivity contribution < 1.29 is 4.74 Å². The zero-order chi connectivity index (χ0) is 15.5. The molecule has 0 aliphatic heterocycles. The van der Waals surface area contributed by atoms with Gasteiger partial charge in [0.1, 0.15) is 0 Å². The lowest BCUT2D eigenvalue weighted by molar-refractivity contribution is 0.140. The molecule has 4 heteroatoms. The van der Waals surface area contributed by atoms with Gasteiger partial charge in [-0.2, -0.15) is 5.10 Å². The summed E-state index contributed by atoms with van der Waals surface area (Å²) in [4.78, 5) is 0. The summed E-state index contributed by atoms with van der Waals surface area (Å²) in [6.45, 7) is 11.4. The largest absolute Gasteiger partial charge is 0.382 e. The average molecular weight is 295 g/mol. The minimum absolute atomic E-state index is 0.485. The molecule has 2 unspecified atom stereocenters. The molecule has 1 aromatic heterocycles. The van der Waals surface area contributed by atoms with Crippen molar-refractivity contribution in [3.63, 3.8) is 0 Å². The van der Waals surface area contributed by atoms with E-state index in [0.717, 1.165) is 45.4 Å². The highest BCUT2D eigenvalue weighted by atomic mass is 16.5. The molecule has 1 rings (SSSR count). The lowest BCUT2D eigenvalue weighted by atomic mass is 10.1. The SMILES string of the molecule is CCCNC(CCCOCC)Cc1ccn(C(C)CC)n1. The molecule has 2 atom stereocenters. The number of hydrogen-bond acceptors (Lipinski definition) is 3. The summed E-state index contributed by atoms with van der Waals surface area (Å²) in [5.74, 6) is 0. The van der Waals surface area contributed by atoms with Crippen LogP contribution in [0.15, 0.2) is 12.3 Å². The van der Waals surface area contributed by atoms with E-state index in [2.05, 4.69) is 43.0 Å². The zero-order valence-electron chi connectivity index (χ0n) is 14.3. The quantitative estimate of drug-likeness (QED) is 0.599. The van der Waals surface area contributed by atoms with E-state index in [0.29, 0.717) is 12.1 Å². The topological polar surface area (TPSA) is 39.1 Å². The van der Waals surface area contributed by atoms with E-state index in [1.54, 1.807) is 0 Å².